The van der Waals surface area contributed by atoms with Crippen molar-refractivity contribution in [2.45, 2.75) is 32.0 Å². The van der Waals surface area contributed by atoms with Gasteiger partial charge in [0.15, 0.2) is 0 Å². The van der Waals surface area contributed by atoms with Crippen LogP contribution in [0.2, 0.25) is 0 Å². The molecule has 3 rings (SSSR count). The molecule has 1 aliphatic rings. The number of nitrogen functional groups attached to an aromatic ring is 1. The molecule has 21 heavy (non-hydrogen) atoms. The molecule has 2 aromatic rings. The van der Waals surface area contributed by atoms with Gasteiger partial charge in [-0.25, -0.2) is 0 Å². The minimum atomic E-state index is -0.830. The summed E-state index contributed by atoms with van der Waals surface area (Å²) in [5, 5.41) is 14.9. The third-order valence-corrected chi connectivity index (χ3v) is 4.21. The molecule has 0 saturated carbocycles. The highest BCUT2D eigenvalue weighted by atomic mass is 16.5. The van der Waals surface area contributed by atoms with Crippen LogP contribution in [0.5, 0.6) is 0 Å². The molecule has 5 nitrogen and oxygen atoms in total. The van der Waals surface area contributed by atoms with Crippen molar-refractivity contribution in [2.24, 2.45) is 0 Å². The first kappa shape index (κ1) is 14.1. The number of aryl methyl sites for hydroxylation is 1. The standard InChI is InChI=1S/C16H21N3O2/c1-10-7-15(13-8-12(17)3-4-14(13)19-10)18-9-16(20)5-6-21-11(16)2/h3-4,7-8,11,20H,5-6,9,17H2,1-2H3,(H,18,19). The van der Waals surface area contributed by atoms with Crippen molar-refractivity contribution in [3.8, 4) is 0 Å². The van der Waals surface area contributed by atoms with Crippen molar-refractivity contribution in [3.05, 3.63) is 30.0 Å². The Bertz CT molecular complexity index is 674. The molecule has 2 atom stereocenters. The lowest BCUT2D eigenvalue weighted by atomic mass is 9.96. The second kappa shape index (κ2) is 5.16. The van der Waals surface area contributed by atoms with Crippen molar-refractivity contribution in [2.75, 3.05) is 24.2 Å². The van der Waals surface area contributed by atoms with Gasteiger partial charge in [-0.05, 0) is 38.1 Å². The minimum absolute atomic E-state index is 0.163. The summed E-state index contributed by atoms with van der Waals surface area (Å²) < 4.78 is 5.46. The van der Waals surface area contributed by atoms with Crippen LogP contribution in [-0.4, -0.2) is 34.9 Å². The highest BCUT2D eigenvalue weighted by Crippen LogP contribution is 2.29. The number of anilines is 2. The second-order valence-electron chi connectivity index (χ2n) is 5.81. The first-order chi connectivity index (χ1) is 9.98. The topological polar surface area (TPSA) is 80.4 Å². The Kier molecular flexibility index (Phi) is 3.47. The van der Waals surface area contributed by atoms with Gasteiger partial charge >= 0.3 is 0 Å². The third-order valence-electron chi connectivity index (χ3n) is 4.21. The number of nitrogens with one attached hydrogen (secondary N) is 1. The quantitative estimate of drug-likeness (QED) is 0.753. The van der Waals surface area contributed by atoms with Crippen molar-refractivity contribution >= 4 is 22.3 Å². The fourth-order valence-corrected chi connectivity index (χ4v) is 2.77. The highest BCUT2D eigenvalue weighted by molar-refractivity contribution is 5.93. The Morgan fingerprint density at radius 2 is 2.29 bits per heavy atom. The van der Waals surface area contributed by atoms with E-state index in [1.807, 2.05) is 38.1 Å². The van der Waals surface area contributed by atoms with Gasteiger partial charge in [0, 0.05) is 42.0 Å². The van der Waals surface area contributed by atoms with Crippen LogP contribution in [0.4, 0.5) is 11.4 Å². The number of aliphatic hydroxyl groups is 1. The monoisotopic (exact) mass is 287 g/mol. The SMILES string of the molecule is Cc1cc(NCC2(O)CCOC2C)c2cc(N)ccc2n1. The number of ether oxygens (including phenoxy) is 1. The number of aromatic nitrogens is 1. The smallest absolute Gasteiger partial charge is 0.110 e. The lowest BCUT2D eigenvalue weighted by Crippen LogP contribution is -2.43. The number of fused-ring (bicyclic) bond motifs is 1. The molecule has 0 aliphatic carbocycles. The summed E-state index contributed by atoms with van der Waals surface area (Å²) in [5.41, 5.74) is 8.51. The Morgan fingerprint density at radius 3 is 3.00 bits per heavy atom. The molecular formula is C16H21N3O2. The molecule has 5 heteroatoms. The van der Waals surface area contributed by atoms with Gasteiger partial charge in [-0.2, -0.15) is 0 Å². The highest BCUT2D eigenvalue weighted by Gasteiger charge is 2.39. The molecule has 1 aromatic carbocycles. The maximum absolute atomic E-state index is 10.6. The first-order valence-corrected chi connectivity index (χ1v) is 7.23. The van der Waals surface area contributed by atoms with Crippen molar-refractivity contribution in [1.29, 1.82) is 0 Å². The summed E-state index contributed by atoms with van der Waals surface area (Å²) in [6, 6.07) is 7.65. The molecule has 1 saturated heterocycles. The van der Waals surface area contributed by atoms with Gasteiger partial charge in [0.2, 0.25) is 0 Å². The molecule has 4 N–H and O–H groups in total. The molecule has 0 spiro atoms. The van der Waals surface area contributed by atoms with Crippen LogP contribution in [0.25, 0.3) is 10.9 Å². The number of rotatable bonds is 3. The van der Waals surface area contributed by atoms with Gasteiger partial charge < -0.3 is 20.9 Å². The molecule has 1 aromatic heterocycles. The van der Waals surface area contributed by atoms with Crippen molar-refractivity contribution in [1.82, 2.24) is 4.98 Å². The largest absolute Gasteiger partial charge is 0.399 e. The van der Waals surface area contributed by atoms with Crippen LogP contribution in [0.15, 0.2) is 24.3 Å². The maximum atomic E-state index is 10.6. The Morgan fingerprint density at radius 1 is 1.48 bits per heavy atom. The van der Waals surface area contributed by atoms with E-state index in [2.05, 4.69) is 10.3 Å². The van der Waals surface area contributed by atoms with Crippen molar-refractivity contribution in [3.63, 3.8) is 0 Å². The lowest BCUT2D eigenvalue weighted by Gasteiger charge is -2.27. The van der Waals surface area contributed by atoms with Gasteiger partial charge in [0.1, 0.15) is 5.60 Å². The van der Waals surface area contributed by atoms with E-state index in [0.717, 1.165) is 22.3 Å². The lowest BCUT2D eigenvalue weighted by molar-refractivity contribution is -0.0175. The third kappa shape index (κ3) is 2.66. The van der Waals surface area contributed by atoms with Gasteiger partial charge in [0.05, 0.1) is 11.6 Å². The summed E-state index contributed by atoms with van der Waals surface area (Å²) in [5.74, 6) is 0. The van der Waals surface area contributed by atoms with Crippen LogP contribution >= 0.6 is 0 Å². The van der Waals surface area contributed by atoms with E-state index in [4.69, 9.17) is 10.5 Å². The van der Waals surface area contributed by atoms with E-state index in [1.54, 1.807) is 0 Å². The summed E-state index contributed by atoms with van der Waals surface area (Å²) in [4.78, 5) is 4.51. The predicted molar refractivity (Wildman–Crippen MR) is 84.4 cm³/mol. The molecule has 1 aliphatic heterocycles. The maximum Gasteiger partial charge on any atom is 0.110 e. The van der Waals surface area contributed by atoms with Crippen LogP contribution in [-0.2, 0) is 4.74 Å². The number of nitrogens with two attached hydrogens (primary N) is 1. The number of pyridine rings is 1. The number of hydrogen-bond acceptors (Lipinski definition) is 5. The van der Waals surface area contributed by atoms with E-state index >= 15 is 0 Å². The van der Waals surface area contributed by atoms with E-state index in [9.17, 15) is 5.11 Å². The molecule has 0 radical (unpaired) electrons. The van der Waals surface area contributed by atoms with Crippen LogP contribution in [0.3, 0.4) is 0 Å². The fourth-order valence-electron chi connectivity index (χ4n) is 2.77. The number of benzene rings is 1. The van der Waals surface area contributed by atoms with Crippen LogP contribution < -0.4 is 11.1 Å². The first-order valence-electron chi connectivity index (χ1n) is 7.23. The fraction of sp³-hybridized carbons (Fsp3) is 0.438. The molecule has 1 fully saturated rings. The summed E-state index contributed by atoms with van der Waals surface area (Å²) in [6.07, 6.45) is 0.481. The van der Waals surface area contributed by atoms with Gasteiger partial charge in [0.25, 0.3) is 0 Å². The zero-order chi connectivity index (χ0) is 15.0. The molecule has 2 heterocycles. The van der Waals surface area contributed by atoms with Crippen LogP contribution in [0, 0.1) is 6.92 Å². The van der Waals surface area contributed by atoms with Crippen molar-refractivity contribution < 1.29 is 9.84 Å². The minimum Gasteiger partial charge on any atom is -0.399 e. The number of nitrogens with zero attached hydrogens (tertiary/aromatic N) is 1. The van der Waals surface area contributed by atoms with E-state index < -0.39 is 5.60 Å². The predicted octanol–water partition coefficient (Wildman–Crippen LogP) is 2.08. The van der Waals surface area contributed by atoms with Crippen LogP contribution in [0.1, 0.15) is 19.0 Å². The van der Waals surface area contributed by atoms with E-state index in [-0.39, 0.29) is 6.10 Å². The Hall–Kier alpha value is -1.85. The summed E-state index contributed by atoms with van der Waals surface area (Å²) in [7, 11) is 0. The summed E-state index contributed by atoms with van der Waals surface area (Å²) in [6.45, 7) is 4.91. The van der Waals surface area contributed by atoms with E-state index in [0.29, 0.717) is 25.3 Å². The average molecular weight is 287 g/mol. The molecule has 112 valence electrons. The normalized spacial score (nSPS) is 25.4. The summed E-state index contributed by atoms with van der Waals surface area (Å²) >= 11 is 0. The number of hydrogen-bond donors (Lipinski definition) is 3. The van der Waals surface area contributed by atoms with Gasteiger partial charge in [-0.15, -0.1) is 0 Å². The molecule has 2 unspecified atom stereocenters. The molecule has 0 amide bonds. The Labute approximate surface area is 124 Å². The Balaban J connectivity index is 1.91. The van der Waals surface area contributed by atoms with Gasteiger partial charge in [-0.1, -0.05) is 0 Å². The average Bonchev–Trinajstić information content (AvgIpc) is 2.77. The second-order valence-corrected chi connectivity index (χ2v) is 5.81. The van der Waals surface area contributed by atoms with E-state index in [1.165, 1.54) is 0 Å². The molecular weight excluding hydrogens is 266 g/mol. The van der Waals surface area contributed by atoms with Gasteiger partial charge in [-0.3, -0.25) is 4.98 Å². The zero-order valence-electron chi connectivity index (χ0n) is 12.4. The molecule has 0 bridgehead atoms. The zero-order valence-corrected chi connectivity index (χ0v) is 12.4.